The number of guanidine groups is 1. The minimum Gasteiger partial charge on any atom is -0.369 e. The molecule has 1 aromatic carbocycles. The molecule has 0 bridgehead atoms. The molecule has 2 N–H and O–H groups in total. The third kappa shape index (κ3) is 2.83. The Morgan fingerprint density at radius 2 is 2.22 bits per heavy atom. The van der Waals surface area contributed by atoms with Crippen LogP contribution < -0.4 is 5.73 Å². The molecule has 1 atom stereocenters. The van der Waals surface area contributed by atoms with Gasteiger partial charge in [0.2, 0.25) is 5.91 Å². The second-order valence-electron chi connectivity index (χ2n) is 5.47. The molecule has 5 nitrogen and oxygen atoms in total. The number of nitriles is 1. The van der Waals surface area contributed by atoms with Crippen molar-refractivity contribution in [2.45, 2.75) is 19.4 Å². The van der Waals surface area contributed by atoms with Gasteiger partial charge in [0.15, 0.2) is 5.96 Å². The molecular formula is C17H16N4OS. The summed E-state index contributed by atoms with van der Waals surface area (Å²) in [5, 5.41) is 9.05. The number of aliphatic imine (C=N–C) groups is 1. The monoisotopic (exact) mass is 324 g/mol. The van der Waals surface area contributed by atoms with Crippen LogP contribution in [-0.4, -0.2) is 23.8 Å². The lowest BCUT2D eigenvalue weighted by Gasteiger charge is -2.24. The van der Waals surface area contributed by atoms with Crippen molar-refractivity contribution in [3.05, 3.63) is 45.6 Å². The largest absolute Gasteiger partial charge is 0.369 e. The first-order valence-electron chi connectivity index (χ1n) is 7.20. The number of benzene rings is 1. The van der Waals surface area contributed by atoms with Crippen LogP contribution in [0.2, 0.25) is 0 Å². The first kappa shape index (κ1) is 15.3. The molecule has 2 heterocycles. The van der Waals surface area contributed by atoms with Gasteiger partial charge in [0.05, 0.1) is 24.1 Å². The van der Waals surface area contributed by atoms with Gasteiger partial charge in [-0.05, 0) is 36.2 Å². The van der Waals surface area contributed by atoms with Gasteiger partial charge in [-0.25, -0.2) is 4.99 Å². The Bertz CT molecular complexity index is 847. The highest BCUT2D eigenvalue weighted by Crippen LogP contribution is 2.37. The van der Waals surface area contributed by atoms with Gasteiger partial charge < -0.3 is 5.73 Å². The van der Waals surface area contributed by atoms with Crippen molar-refractivity contribution in [1.29, 1.82) is 5.26 Å². The Balaban J connectivity index is 1.99. The van der Waals surface area contributed by atoms with Crippen LogP contribution in [0.3, 0.4) is 0 Å². The van der Waals surface area contributed by atoms with Crippen molar-refractivity contribution >= 4 is 23.2 Å². The molecule has 0 saturated heterocycles. The van der Waals surface area contributed by atoms with Gasteiger partial charge in [-0.3, -0.25) is 9.69 Å². The fourth-order valence-electron chi connectivity index (χ4n) is 2.60. The number of hydrogen-bond donors (Lipinski definition) is 1. The van der Waals surface area contributed by atoms with Crippen LogP contribution in [0.25, 0.3) is 11.1 Å². The maximum Gasteiger partial charge on any atom is 0.231 e. The molecule has 0 saturated carbocycles. The number of amides is 1. The number of carbonyl (C=O) groups is 1. The molecule has 1 unspecified atom stereocenters. The van der Waals surface area contributed by atoms with Crippen LogP contribution in [0.4, 0.5) is 0 Å². The Morgan fingerprint density at radius 1 is 1.43 bits per heavy atom. The van der Waals surface area contributed by atoms with Gasteiger partial charge in [-0.2, -0.15) is 5.26 Å². The van der Waals surface area contributed by atoms with Crippen LogP contribution in [-0.2, 0) is 4.79 Å². The van der Waals surface area contributed by atoms with E-state index in [4.69, 9.17) is 11.0 Å². The Morgan fingerprint density at radius 3 is 2.91 bits per heavy atom. The van der Waals surface area contributed by atoms with E-state index >= 15 is 0 Å². The van der Waals surface area contributed by atoms with Gasteiger partial charge in [-0.1, -0.05) is 12.1 Å². The third-order valence-electron chi connectivity index (χ3n) is 3.94. The zero-order valence-electron chi connectivity index (χ0n) is 12.9. The van der Waals surface area contributed by atoms with Gasteiger partial charge in [0, 0.05) is 16.8 Å². The van der Waals surface area contributed by atoms with Crippen LogP contribution in [0.1, 0.15) is 27.8 Å². The standard InChI is InChI=1S/C17H16N4OS/c1-10-13(12-5-3-4-11(6-12)9-18)7-15(23-10)14-8-16(22)21(2)17(19)20-14/h3-7,14H,8H2,1-2H3,(H2,19,20). The Kier molecular flexibility index (Phi) is 3.89. The Hall–Kier alpha value is -2.65. The number of aryl methyl sites for hydroxylation is 1. The van der Waals surface area contributed by atoms with E-state index in [0.717, 1.165) is 20.9 Å². The number of rotatable bonds is 2. The number of carbonyl (C=O) groups excluding carboxylic acids is 1. The van der Waals surface area contributed by atoms with Crippen LogP contribution in [0.5, 0.6) is 0 Å². The molecule has 0 radical (unpaired) electrons. The minimum absolute atomic E-state index is 0.0263. The number of hydrogen-bond acceptors (Lipinski definition) is 5. The predicted octanol–water partition coefficient (Wildman–Crippen LogP) is 2.81. The van der Waals surface area contributed by atoms with Gasteiger partial charge in [-0.15, -0.1) is 11.3 Å². The SMILES string of the molecule is Cc1sc(C2CC(=O)N(C)C(N)=N2)cc1-c1cccc(C#N)c1. The highest BCUT2D eigenvalue weighted by atomic mass is 32.1. The molecule has 3 rings (SSSR count). The molecule has 1 aliphatic rings. The van der Waals surface area contributed by atoms with Crippen molar-refractivity contribution in [3.63, 3.8) is 0 Å². The summed E-state index contributed by atoms with van der Waals surface area (Å²) in [6.07, 6.45) is 0.328. The fraction of sp³-hybridized carbons (Fsp3) is 0.235. The fourth-order valence-corrected chi connectivity index (χ4v) is 3.69. The molecule has 0 spiro atoms. The average Bonchev–Trinajstić information content (AvgIpc) is 2.94. The van der Waals surface area contributed by atoms with Crippen molar-refractivity contribution in [3.8, 4) is 17.2 Å². The van der Waals surface area contributed by atoms with Crippen molar-refractivity contribution < 1.29 is 4.79 Å². The smallest absolute Gasteiger partial charge is 0.231 e. The topological polar surface area (TPSA) is 82.5 Å². The van der Waals surface area contributed by atoms with Crippen LogP contribution in [0.15, 0.2) is 35.3 Å². The molecule has 1 amide bonds. The number of nitrogens with zero attached hydrogens (tertiary/aromatic N) is 3. The molecule has 1 aromatic heterocycles. The molecule has 0 aliphatic carbocycles. The summed E-state index contributed by atoms with van der Waals surface area (Å²) in [4.78, 5) is 19.9. The first-order valence-corrected chi connectivity index (χ1v) is 8.02. The van der Waals surface area contributed by atoms with Crippen molar-refractivity contribution in [1.82, 2.24) is 4.90 Å². The second-order valence-corrected chi connectivity index (χ2v) is 6.76. The number of thiophene rings is 1. The summed E-state index contributed by atoms with van der Waals surface area (Å²) in [5.74, 6) is 0.229. The lowest BCUT2D eigenvalue weighted by molar-refractivity contribution is -0.127. The first-order chi connectivity index (χ1) is 11.0. The van der Waals surface area contributed by atoms with E-state index in [0.29, 0.717) is 12.0 Å². The lowest BCUT2D eigenvalue weighted by atomic mass is 10.0. The highest BCUT2D eigenvalue weighted by Gasteiger charge is 2.27. The van der Waals surface area contributed by atoms with Crippen LogP contribution in [0, 0.1) is 18.3 Å². The average molecular weight is 324 g/mol. The summed E-state index contributed by atoms with van der Waals surface area (Å²) < 4.78 is 0. The highest BCUT2D eigenvalue weighted by molar-refractivity contribution is 7.12. The van der Waals surface area contributed by atoms with Gasteiger partial charge in [0.1, 0.15) is 0 Å². The zero-order valence-corrected chi connectivity index (χ0v) is 13.7. The van der Waals surface area contributed by atoms with E-state index in [-0.39, 0.29) is 17.9 Å². The minimum atomic E-state index is -0.227. The quantitative estimate of drug-likeness (QED) is 0.922. The number of nitrogens with two attached hydrogens (primary N) is 1. The second kappa shape index (κ2) is 5.86. The summed E-state index contributed by atoms with van der Waals surface area (Å²) in [7, 11) is 1.63. The Labute approximate surface area is 138 Å². The van der Waals surface area contributed by atoms with E-state index in [1.807, 2.05) is 25.1 Å². The lowest BCUT2D eigenvalue weighted by Crippen LogP contribution is -2.42. The van der Waals surface area contributed by atoms with Gasteiger partial charge >= 0.3 is 0 Å². The molecule has 116 valence electrons. The van der Waals surface area contributed by atoms with E-state index in [1.54, 1.807) is 24.5 Å². The van der Waals surface area contributed by atoms with E-state index < -0.39 is 0 Å². The van der Waals surface area contributed by atoms with Gasteiger partial charge in [0.25, 0.3) is 0 Å². The summed E-state index contributed by atoms with van der Waals surface area (Å²) >= 11 is 1.62. The summed E-state index contributed by atoms with van der Waals surface area (Å²) in [5.41, 5.74) is 8.52. The maximum atomic E-state index is 12.0. The normalized spacial score (nSPS) is 17.8. The molecular weight excluding hydrogens is 308 g/mol. The van der Waals surface area contributed by atoms with Crippen molar-refractivity contribution in [2.75, 3.05) is 7.05 Å². The molecule has 23 heavy (non-hydrogen) atoms. The predicted molar refractivity (Wildman–Crippen MR) is 91.0 cm³/mol. The van der Waals surface area contributed by atoms with Crippen LogP contribution >= 0.6 is 11.3 Å². The summed E-state index contributed by atoms with van der Waals surface area (Å²) in [6, 6.07) is 11.5. The van der Waals surface area contributed by atoms with E-state index in [2.05, 4.69) is 17.1 Å². The molecule has 0 fully saturated rings. The van der Waals surface area contributed by atoms with E-state index in [1.165, 1.54) is 4.90 Å². The van der Waals surface area contributed by atoms with E-state index in [9.17, 15) is 4.79 Å². The molecule has 6 heteroatoms. The maximum absolute atomic E-state index is 12.0. The zero-order chi connectivity index (χ0) is 16.6. The summed E-state index contributed by atoms with van der Waals surface area (Å²) in [6.45, 7) is 2.03. The third-order valence-corrected chi connectivity index (χ3v) is 5.09. The molecule has 2 aromatic rings. The molecule has 1 aliphatic heterocycles. The van der Waals surface area contributed by atoms with Crippen molar-refractivity contribution in [2.24, 2.45) is 10.7 Å².